The minimum absolute atomic E-state index is 0.0671. The van der Waals surface area contributed by atoms with Gasteiger partial charge in [-0.25, -0.2) is 4.79 Å². The summed E-state index contributed by atoms with van der Waals surface area (Å²) in [7, 11) is 1.38. The van der Waals surface area contributed by atoms with E-state index in [-0.39, 0.29) is 24.4 Å². The van der Waals surface area contributed by atoms with E-state index in [0.717, 1.165) is 11.1 Å². The minimum Gasteiger partial charge on any atom is -0.494 e. The van der Waals surface area contributed by atoms with Crippen LogP contribution in [-0.4, -0.2) is 28.8 Å². The topological polar surface area (TPSA) is 110 Å². The first-order chi connectivity index (χ1) is 15.8. The number of urea groups is 1. The number of carbonyl (C=O) groups excluding carboxylic acids is 1. The molecule has 0 spiro atoms. The molecule has 0 unspecified atom stereocenters. The van der Waals surface area contributed by atoms with Gasteiger partial charge in [0.25, 0.3) is 5.56 Å². The Morgan fingerprint density at radius 3 is 2.45 bits per heavy atom. The molecule has 1 aromatic heterocycles. The molecule has 33 heavy (non-hydrogen) atoms. The van der Waals surface area contributed by atoms with Gasteiger partial charge in [-0.05, 0) is 30.2 Å². The summed E-state index contributed by atoms with van der Waals surface area (Å²) < 4.78 is 6.64. The molecule has 172 valence electrons. The highest BCUT2D eigenvalue weighted by Gasteiger charge is 2.20. The number of aromatic nitrogens is 1. The number of methoxy groups -OCH3 is 1. The first-order valence-electron chi connectivity index (χ1n) is 10.1. The average molecular weight is 470 g/mol. The quantitative estimate of drug-likeness (QED) is 0.458. The van der Waals surface area contributed by atoms with Crippen molar-refractivity contribution in [2.45, 2.75) is 25.9 Å². The number of hydrogen-bond acceptors (Lipinski definition) is 4. The Kier molecular flexibility index (Phi) is 7.74. The number of halogens is 1. The lowest BCUT2D eigenvalue weighted by molar-refractivity contribution is -0.137. The first kappa shape index (κ1) is 23.9. The molecule has 0 saturated heterocycles. The molecule has 0 aliphatic carbocycles. The van der Waals surface area contributed by atoms with Crippen molar-refractivity contribution in [2.24, 2.45) is 0 Å². The van der Waals surface area contributed by atoms with Crippen molar-refractivity contribution in [3.8, 4) is 5.75 Å². The third-order valence-electron chi connectivity index (χ3n) is 5.05. The molecule has 0 radical (unpaired) electrons. The summed E-state index contributed by atoms with van der Waals surface area (Å²) in [4.78, 5) is 37.2. The van der Waals surface area contributed by atoms with Gasteiger partial charge in [-0.3, -0.25) is 9.59 Å². The molecule has 1 atom stereocenters. The molecule has 0 bridgehead atoms. The zero-order valence-corrected chi connectivity index (χ0v) is 18.9. The van der Waals surface area contributed by atoms with Gasteiger partial charge >= 0.3 is 12.0 Å². The molecule has 3 aromatic rings. The summed E-state index contributed by atoms with van der Waals surface area (Å²) in [6.07, 6.45) is 1.23. The van der Waals surface area contributed by atoms with E-state index in [2.05, 4.69) is 10.6 Å². The molecule has 8 nitrogen and oxygen atoms in total. The number of pyridine rings is 1. The molecule has 3 rings (SSSR count). The summed E-state index contributed by atoms with van der Waals surface area (Å²) in [6, 6.07) is 14.3. The number of nitrogens with zero attached hydrogens (tertiary/aromatic N) is 1. The molecular weight excluding hydrogens is 446 g/mol. The number of aryl methyl sites for hydroxylation is 1. The van der Waals surface area contributed by atoms with Gasteiger partial charge in [0.1, 0.15) is 5.75 Å². The largest absolute Gasteiger partial charge is 0.494 e. The molecule has 2 aromatic carbocycles. The number of carboxylic acids is 1. The van der Waals surface area contributed by atoms with Crippen molar-refractivity contribution in [1.82, 2.24) is 9.88 Å². The lowest BCUT2D eigenvalue weighted by Gasteiger charge is -2.19. The van der Waals surface area contributed by atoms with Crippen LogP contribution in [0.15, 0.2) is 65.6 Å². The Balaban J connectivity index is 1.85. The number of rotatable bonds is 8. The fourth-order valence-corrected chi connectivity index (χ4v) is 3.51. The molecular formula is C24H24ClN3O5. The van der Waals surface area contributed by atoms with Gasteiger partial charge in [0.2, 0.25) is 0 Å². The Morgan fingerprint density at radius 2 is 1.82 bits per heavy atom. The maximum absolute atomic E-state index is 13.1. The fraction of sp³-hybridized carbons (Fsp3) is 0.208. The van der Waals surface area contributed by atoms with Crippen LogP contribution in [-0.2, 0) is 11.3 Å². The second-order valence-corrected chi connectivity index (χ2v) is 7.85. The summed E-state index contributed by atoms with van der Waals surface area (Å²) >= 11 is 6.21. The van der Waals surface area contributed by atoms with E-state index < -0.39 is 23.6 Å². The van der Waals surface area contributed by atoms with Crippen LogP contribution in [0.3, 0.4) is 0 Å². The number of benzene rings is 2. The van der Waals surface area contributed by atoms with Crippen molar-refractivity contribution < 1.29 is 19.4 Å². The number of aliphatic carboxylic acids is 1. The van der Waals surface area contributed by atoms with Gasteiger partial charge < -0.3 is 25.0 Å². The van der Waals surface area contributed by atoms with Gasteiger partial charge in [-0.2, -0.15) is 0 Å². The number of amides is 2. The number of anilines is 1. The maximum Gasteiger partial charge on any atom is 0.319 e. The van der Waals surface area contributed by atoms with Gasteiger partial charge in [0.05, 0.1) is 26.1 Å². The third kappa shape index (κ3) is 6.14. The van der Waals surface area contributed by atoms with E-state index in [4.69, 9.17) is 16.3 Å². The standard InChI is InChI=1S/C24H24ClN3O5/c1-15-7-9-16(10-8-15)19(13-21(29)30)26-24(32)27-22-20(33-2)11-12-28(23(22)31)14-17-5-3-4-6-18(17)25/h3-12,19H,13-14H2,1-2H3,(H,29,30)(H2,26,27,32)/t19-/m0/s1. The Labute approximate surface area is 195 Å². The highest BCUT2D eigenvalue weighted by Crippen LogP contribution is 2.22. The van der Waals surface area contributed by atoms with Crippen molar-refractivity contribution in [1.29, 1.82) is 0 Å². The molecule has 3 N–H and O–H groups in total. The highest BCUT2D eigenvalue weighted by molar-refractivity contribution is 6.31. The van der Waals surface area contributed by atoms with E-state index >= 15 is 0 Å². The number of carbonyl (C=O) groups is 2. The lowest BCUT2D eigenvalue weighted by atomic mass is 10.0. The average Bonchev–Trinajstić information content (AvgIpc) is 2.78. The molecule has 0 saturated carbocycles. The summed E-state index contributed by atoms with van der Waals surface area (Å²) in [5.41, 5.74) is 1.82. The van der Waals surface area contributed by atoms with Crippen LogP contribution < -0.4 is 20.9 Å². The van der Waals surface area contributed by atoms with E-state index in [1.807, 2.05) is 25.1 Å². The van der Waals surface area contributed by atoms with Crippen molar-refractivity contribution in [3.63, 3.8) is 0 Å². The van der Waals surface area contributed by atoms with Crippen LogP contribution in [0.2, 0.25) is 5.02 Å². The van der Waals surface area contributed by atoms with Crippen LogP contribution in [0.25, 0.3) is 0 Å². The number of ether oxygens (including phenoxy) is 1. The normalized spacial score (nSPS) is 11.5. The van der Waals surface area contributed by atoms with Crippen molar-refractivity contribution in [2.75, 3.05) is 12.4 Å². The predicted octanol–water partition coefficient (Wildman–Crippen LogP) is 4.20. The highest BCUT2D eigenvalue weighted by atomic mass is 35.5. The summed E-state index contributed by atoms with van der Waals surface area (Å²) in [5.74, 6) is -0.893. The van der Waals surface area contributed by atoms with E-state index in [9.17, 15) is 19.5 Å². The SMILES string of the molecule is COc1ccn(Cc2ccccc2Cl)c(=O)c1NC(=O)N[C@@H](CC(=O)O)c1ccc(C)cc1. The predicted molar refractivity (Wildman–Crippen MR) is 126 cm³/mol. The van der Waals surface area contributed by atoms with Gasteiger partial charge in [-0.1, -0.05) is 59.6 Å². The van der Waals surface area contributed by atoms with E-state index in [0.29, 0.717) is 10.6 Å². The molecule has 0 aliphatic heterocycles. The smallest absolute Gasteiger partial charge is 0.319 e. The molecule has 0 fully saturated rings. The van der Waals surface area contributed by atoms with Gasteiger partial charge in [-0.15, -0.1) is 0 Å². The molecule has 1 heterocycles. The number of carboxylic acid groups (broad SMARTS) is 1. The van der Waals surface area contributed by atoms with E-state index in [1.54, 1.807) is 42.6 Å². The zero-order chi connectivity index (χ0) is 24.0. The lowest BCUT2D eigenvalue weighted by Crippen LogP contribution is -2.36. The van der Waals surface area contributed by atoms with Gasteiger partial charge in [0, 0.05) is 11.2 Å². The Morgan fingerprint density at radius 1 is 1.12 bits per heavy atom. The van der Waals surface area contributed by atoms with Crippen LogP contribution in [0.4, 0.5) is 10.5 Å². The number of hydrogen-bond donors (Lipinski definition) is 3. The van der Waals surface area contributed by atoms with Crippen LogP contribution >= 0.6 is 11.6 Å². The minimum atomic E-state index is -1.07. The Hall–Kier alpha value is -3.78. The second-order valence-electron chi connectivity index (χ2n) is 7.44. The Bertz CT molecular complexity index is 1210. The monoisotopic (exact) mass is 469 g/mol. The summed E-state index contributed by atoms with van der Waals surface area (Å²) in [5, 5.41) is 14.9. The second kappa shape index (κ2) is 10.7. The molecule has 9 heteroatoms. The fourth-order valence-electron chi connectivity index (χ4n) is 3.31. The first-order valence-corrected chi connectivity index (χ1v) is 10.5. The van der Waals surface area contributed by atoms with Crippen molar-refractivity contribution >= 4 is 29.3 Å². The van der Waals surface area contributed by atoms with E-state index in [1.165, 1.54) is 11.7 Å². The van der Waals surface area contributed by atoms with Crippen LogP contribution in [0, 0.1) is 6.92 Å². The van der Waals surface area contributed by atoms with Crippen molar-refractivity contribution in [3.05, 3.63) is 92.9 Å². The van der Waals surface area contributed by atoms with Crippen LogP contribution in [0.5, 0.6) is 5.75 Å². The summed E-state index contributed by atoms with van der Waals surface area (Å²) in [6.45, 7) is 2.11. The zero-order valence-electron chi connectivity index (χ0n) is 18.2. The third-order valence-corrected chi connectivity index (χ3v) is 5.42. The van der Waals surface area contributed by atoms with Gasteiger partial charge in [0.15, 0.2) is 5.69 Å². The molecule has 2 amide bonds. The maximum atomic E-state index is 13.1. The van der Waals surface area contributed by atoms with Crippen LogP contribution in [0.1, 0.15) is 29.2 Å². The number of nitrogens with one attached hydrogen (secondary N) is 2. The molecule has 0 aliphatic rings.